The van der Waals surface area contributed by atoms with E-state index in [4.69, 9.17) is 10.5 Å². The number of nitrogens with zero attached hydrogens (tertiary/aromatic N) is 1. The summed E-state index contributed by atoms with van der Waals surface area (Å²) in [5.74, 6) is 1.21. The van der Waals surface area contributed by atoms with Gasteiger partial charge in [-0.3, -0.25) is 0 Å². The van der Waals surface area contributed by atoms with Crippen molar-refractivity contribution >= 4 is 15.7 Å². The van der Waals surface area contributed by atoms with Crippen molar-refractivity contribution in [2.75, 3.05) is 19.8 Å². The number of nitrogen functional groups attached to an aromatic ring is 1. The number of hydrogen-bond acceptors (Lipinski definition) is 4. The topological polar surface area (TPSA) is 72.6 Å². The summed E-state index contributed by atoms with van der Waals surface area (Å²) in [6.07, 6.45) is 4.39. The monoisotopic (exact) mass is 312 g/mol. The van der Waals surface area contributed by atoms with E-state index in [1.165, 1.54) is 30.5 Å². The summed E-state index contributed by atoms with van der Waals surface area (Å²) in [5, 5.41) is 0. The summed E-state index contributed by atoms with van der Waals surface area (Å²) in [7, 11) is -0.451. The zero-order valence-corrected chi connectivity index (χ0v) is 13.7. The fraction of sp³-hybridized carbons (Fsp3) is 0.600. The zero-order chi connectivity index (χ0) is 15.6. The van der Waals surface area contributed by atoms with E-state index in [1.807, 2.05) is 0 Å². The van der Waals surface area contributed by atoms with Gasteiger partial charge < -0.3 is 10.5 Å². The fourth-order valence-electron chi connectivity index (χ4n) is 2.51. The van der Waals surface area contributed by atoms with Crippen LogP contribution in [0.1, 0.15) is 32.6 Å². The Morgan fingerprint density at radius 2 is 1.81 bits per heavy atom. The number of benzene rings is 1. The molecule has 0 saturated heterocycles. The van der Waals surface area contributed by atoms with Gasteiger partial charge in [-0.2, -0.15) is 0 Å². The van der Waals surface area contributed by atoms with Gasteiger partial charge >= 0.3 is 0 Å². The lowest BCUT2D eigenvalue weighted by atomic mass is 9.89. The molecule has 1 saturated carbocycles. The first-order chi connectivity index (χ1) is 9.80. The van der Waals surface area contributed by atoms with Gasteiger partial charge in [0.15, 0.2) is 0 Å². The Hall–Kier alpha value is -1.27. The van der Waals surface area contributed by atoms with Crippen LogP contribution in [0.4, 0.5) is 5.69 Å². The van der Waals surface area contributed by atoms with Crippen LogP contribution in [0.3, 0.4) is 0 Å². The van der Waals surface area contributed by atoms with Gasteiger partial charge in [-0.05, 0) is 43.7 Å². The minimum atomic E-state index is -3.47. The molecule has 2 N–H and O–H groups in total. The Balaban J connectivity index is 2.20. The molecule has 0 amide bonds. The van der Waals surface area contributed by atoms with Crippen molar-refractivity contribution in [2.45, 2.75) is 43.6 Å². The molecule has 0 spiro atoms. The van der Waals surface area contributed by atoms with Gasteiger partial charge in [0, 0.05) is 20.2 Å². The van der Waals surface area contributed by atoms with Gasteiger partial charge in [0.25, 0.3) is 0 Å². The van der Waals surface area contributed by atoms with E-state index in [9.17, 15) is 8.42 Å². The third-order valence-corrected chi connectivity index (χ3v) is 5.83. The summed E-state index contributed by atoms with van der Waals surface area (Å²) in [6, 6.07) is 4.64. The molecule has 0 aromatic heterocycles. The molecular formula is C15H24N2O3S. The quantitative estimate of drug-likeness (QED) is 0.867. The van der Waals surface area contributed by atoms with Crippen LogP contribution in [-0.2, 0) is 10.0 Å². The second-order valence-electron chi connectivity index (χ2n) is 5.99. The van der Waals surface area contributed by atoms with Gasteiger partial charge in [-0.15, -0.1) is 0 Å². The SMILES string of the molecule is CC1CCC(Oc2cc(S(=O)(=O)N(C)C)ccc2N)CC1. The van der Waals surface area contributed by atoms with Crippen molar-refractivity contribution < 1.29 is 13.2 Å². The summed E-state index contributed by atoms with van der Waals surface area (Å²) in [6.45, 7) is 2.24. The second-order valence-corrected chi connectivity index (χ2v) is 8.14. The van der Waals surface area contributed by atoms with Crippen LogP contribution < -0.4 is 10.5 Å². The summed E-state index contributed by atoms with van der Waals surface area (Å²) in [5.41, 5.74) is 6.40. The summed E-state index contributed by atoms with van der Waals surface area (Å²) in [4.78, 5) is 0.209. The van der Waals surface area contributed by atoms with Gasteiger partial charge in [-0.25, -0.2) is 12.7 Å². The van der Waals surface area contributed by atoms with Crippen LogP contribution >= 0.6 is 0 Å². The molecule has 0 heterocycles. The first-order valence-electron chi connectivity index (χ1n) is 7.29. The molecule has 0 radical (unpaired) electrons. The van der Waals surface area contributed by atoms with Crippen LogP contribution in [-0.4, -0.2) is 32.9 Å². The predicted molar refractivity (Wildman–Crippen MR) is 83.8 cm³/mol. The van der Waals surface area contributed by atoms with E-state index < -0.39 is 10.0 Å². The highest BCUT2D eigenvalue weighted by atomic mass is 32.2. The van der Waals surface area contributed by atoms with E-state index in [1.54, 1.807) is 6.07 Å². The Labute approximate surface area is 127 Å². The maximum absolute atomic E-state index is 12.2. The van der Waals surface area contributed by atoms with Gasteiger partial charge in [0.1, 0.15) is 5.75 Å². The van der Waals surface area contributed by atoms with Crippen molar-refractivity contribution in [3.63, 3.8) is 0 Å². The molecule has 1 aliphatic rings. The molecule has 6 heteroatoms. The molecule has 5 nitrogen and oxygen atoms in total. The van der Waals surface area contributed by atoms with Crippen LogP contribution in [0.2, 0.25) is 0 Å². The largest absolute Gasteiger partial charge is 0.488 e. The molecule has 0 bridgehead atoms. The van der Waals surface area contributed by atoms with Crippen LogP contribution in [0.15, 0.2) is 23.1 Å². The van der Waals surface area contributed by atoms with Crippen molar-refractivity contribution in [1.29, 1.82) is 0 Å². The Morgan fingerprint density at radius 1 is 1.19 bits per heavy atom. The summed E-state index contributed by atoms with van der Waals surface area (Å²) < 4.78 is 31.4. The van der Waals surface area contributed by atoms with E-state index in [0.29, 0.717) is 11.4 Å². The number of nitrogens with two attached hydrogens (primary N) is 1. The van der Waals surface area contributed by atoms with Crippen LogP contribution in [0, 0.1) is 5.92 Å². The van der Waals surface area contributed by atoms with Crippen LogP contribution in [0.25, 0.3) is 0 Å². The first kappa shape index (κ1) is 16.1. The molecule has 1 aromatic rings. The Kier molecular flexibility index (Phi) is 4.78. The van der Waals surface area contributed by atoms with Crippen molar-refractivity contribution in [1.82, 2.24) is 4.31 Å². The van der Waals surface area contributed by atoms with E-state index in [2.05, 4.69) is 6.92 Å². The number of rotatable bonds is 4. The molecule has 21 heavy (non-hydrogen) atoms. The first-order valence-corrected chi connectivity index (χ1v) is 8.73. The molecule has 0 aliphatic heterocycles. The van der Waals surface area contributed by atoms with Gasteiger partial charge in [0.05, 0.1) is 16.7 Å². The predicted octanol–water partition coefficient (Wildman–Crippen LogP) is 2.48. The number of ether oxygens (including phenoxy) is 1. The average molecular weight is 312 g/mol. The highest BCUT2D eigenvalue weighted by Gasteiger charge is 2.22. The lowest BCUT2D eigenvalue weighted by molar-refractivity contribution is 0.136. The van der Waals surface area contributed by atoms with Crippen molar-refractivity contribution in [3.05, 3.63) is 18.2 Å². The fourth-order valence-corrected chi connectivity index (χ4v) is 3.43. The minimum Gasteiger partial charge on any atom is -0.488 e. The average Bonchev–Trinajstić information content (AvgIpc) is 2.43. The molecule has 1 aromatic carbocycles. The van der Waals surface area contributed by atoms with Crippen molar-refractivity contribution in [2.24, 2.45) is 5.92 Å². The van der Waals surface area contributed by atoms with Crippen LogP contribution in [0.5, 0.6) is 5.75 Å². The smallest absolute Gasteiger partial charge is 0.242 e. The molecule has 1 fully saturated rings. The normalized spacial score (nSPS) is 23.2. The zero-order valence-electron chi connectivity index (χ0n) is 12.9. The molecule has 118 valence electrons. The molecule has 0 unspecified atom stereocenters. The molecule has 1 aliphatic carbocycles. The molecule has 0 atom stereocenters. The van der Waals surface area contributed by atoms with Gasteiger partial charge in [-0.1, -0.05) is 6.92 Å². The van der Waals surface area contributed by atoms with E-state index in [-0.39, 0.29) is 11.0 Å². The highest BCUT2D eigenvalue weighted by molar-refractivity contribution is 7.89. The lowest BCUT2D eigenvalue weighted by Gasteiger charge is -2.27. The van der Waals surface area contributed by atoms with E-state index >= 15 is 0 Å². The minimum absolute atomic E-state index is 0.126. The number of sulfonamides is 1. The standard InChI is InChI=1S/C15H24N2O3S/c1-11-4-6-12(7-5-11)20-15-10-13(8-9-14(15)16)21(18,19)17(2)3/h8-12H,4-7,16H2,1-3H3. The maximum Gasteiger partial charge on any atom is 0.242 e. The van der Waals surface area contributed by atoms with Gasteiger partial charge in [0.2, 0.25) is 10.0 Å². The van der Waals surface area contributed by atoms with Crippen molar-refractivity contribution in [3.8, 4) is 5.75 Å². The third kappa shape index (κ3) is 3.68. The second kappa shape index (κ2) is 6.23. The lowest BCUT2D eigenvalue weighted by Crippen LogP contribution is -2.24. The molecule has 2 rings (SSSR count). The Morgan fingerprint density at radius 3 is 2.38 bits per heavy atom. The number of hydrogen-bond donors (Lipinski definition) is 1. The Bertz CT molecular complexity index is 591. The van der Waals surface area contributed by atoms with E-state index in [0.717, 1.165) is 31.6 Å². The molecular weight excluding hydrogens is 288 g/mol. The third-order valence-electron chi connectivity index (χ3n) is 4.02. The number of anilines is 1. The maximum atomic E-state index is 12.2. The summed E-state index contributed by atoms with van der Waals surface area (Å²) >= 11 is 0. The highest BCUT2D eigenvalue weighted by Crippen LogP contribution is 2.31.